The molecule has 0 heterocycles. The highest BCUT2D eigenvalue weighted by molar-refractivity contribution is 9.11. The Morgan fingerprint density at radius 1 is 1.39 bits per heavy atom. The van der Waals surface area contributed by atoms with Crippen molar-refractivity contribution in [2.75, 3.05) is 11.9 Å². The molecular weight excluding hydrogens is 313 g/mol. The molecule has 1 rings (SSSR count). The van der Waals surface area contributed by atoms with Crippen molar-refractivity contribution in [3.8, 4) is 0 Å². The SMILES string of the molecule is C=C(Br)CNC(=O)Nc1cccc(C(F)(F)F)c1. The quantitative estimate of drug-likeness (QED) is 0.874. The molecule has 0 radical (unpaired) electrons. The van der Waals surface area contributed by atoms with Gasteiger partial charge in [-0.2, -0.15) is 13.2 Å². The maximum atomic E-state index is 12.4. The molecule has 1 aromatic rings. The Labute approximate surface area is 110 Å². The number of hydrogen-bond donors (Lipinski definition) is 2. The summed E-state index contributed by atoms with van der Waals surface area (Å²) in [4.78, 5) is 11.3. The van der Waals surface area contributed by atoms with Crippen molar-refractivity contribution in [1.29, 1.82) is 0 Å². The molecule has 0 aliphatic carbocycles. The van der Waals surface area contributed by atoms with Crippen molar-refractivity contribution in [2.45, 2.75) is 6.18 Å². The molecule has 0 spiro atoms. The van der Waals surface area contributed by atoms with Crippen molar-refractivity contribution in [2.24, 2.45) is 0 Å². The van der Waals surface area contributed by atoms with Crippen LogP contribution < -0.4 is 10.6 Å². The minimum absolute atomic E-state index is 0.0718. The second-order valence-corrected chi connectivity index (χ2v) is 4.52. The highest BCUT2D eigenvalue weighted by Gasteiger charge is 2.30. The van der Waals surface area contributed by atoms with Gasteiger partial charge in [0.1, 0.15) is 0 Å². The van der Waals surface area contributed by atoms with Gasteiger partial charge in [-0.25, -0.2) is 4.79 Å². The fourth-order valence-electron chi connectivity index (χ4n) is 1.12. The number of hydrogen-bond acceptors (Lipinski definition) is 1. The average molecular weight is 323 g/mol. The van der Waals surface area contributed by atoms with E-state index in [1.54, 1.807) is 0 Å². The summed E-state index contributed by atoms with van der Waals surface area (Å²) in [7, 11) is 0. The Morgan fingerprint density at radius 3 is 2.61 bits per heavy atom. The summed E-state index contributed by atoms with van der Waals surface area (Å²) in [5.74, 6) is 0. The van der Waals surface area contributed by atoms with E-state index in [4.69, 9.17) is 0 Å². The molecule has 0 saturated heterocycles. The standard InChI is InChI=1S/C11H10BrF3N2O/c1-7(12)6-16-10(18)17-9-4-2-3-8(5-9)11(13,14)15/h2-5H,1,6H2,(H2,16,17,18). The van der Waals surface area contributed by atoms with Gasteiger partial charge in [-0.3, -0.25) is 0 Å². The molecule has 98 valence electrons. The molecule has 18 heavy (non-hydrogen) atoms. The summed E-state index contributed by atoms with van der Waals surface area (Å²) < 4.78 is 37.8. The van der Waals surface area contributed by atoms with Gasteiger partial charge >= 0.3 is 12.2 Å². The van der Waals surface area contributed by atoms with Crippen molar-refractivity contribution in [3.63, 3.8) is 0 Å². The smallest absolute Gasteiger partial charge is 0.333 e. The second-order valence-electron chi connectivity index (χ2n) is 3.40. The van der Waals surface area contributed by atoms with Crippen LogP contribution in [-0.4, -0.2) is 12.6 Å². The molecule has 0 unspecified atom stereocenters. The van der Waals surface area contributed by atoms with Gasteiger partial charge in [0.05, 0.1) is 12.1 Å². The van der Waals surface area contributed by atoms with Gasteiger partial charge < -0.3 is 10.6 Å². The van der Waals surface area contributed by atoms with E-state index < -0.39 is 17.8 Å². The van der Waals surface area contributed by atoms with E-state index in [1.165, 1.54) is 12.1 Å². The summed E-state index contributed by atoms with van der Waals surface area (Å²) in [6.07, 6.45) is -4.43. The fourth-order valence-corrected chi connectivity index (χ4v) is 1.26. The third kappa shape index (κ3) is 4.79. The number of urea groups is 1. The molecule has 2 amide bonds. The van der Waals surface area contributed by atoms with Gasteiger partial charge in [-0.1, -0.05) is 28.6 Å². The lowest BCUT2D eigenvalue weighted by atomic mass is 10.2. The van der Waals surface area contributed by atoms with Crippen LogP contribution in [0.25, 0.3) is 0 Å². The van der Waals surface area contributed by atoms with E-state index in [2.05, 4.69) is 33.1 Å². The molecule has 0 fully saturated rings. The first-order chi connectivity index (χ1) is 8.29. The molecule has 0 aliphatic rings. The van der Waals surface area contributed by atoms with Gasteiger partial charge in [-0.15, -0.1) is 0 Å². The van der Waals surface area contributed by atoms with Crippen LogP contribution in [0.5, 0.6) is 0 Å². The topological polar surface area (TPSA) is 41.1 Å². The molecule has 7 heteroatoms. The van der Waals surface area contributed by atoms with E-state index in [0.717, 1.165) is 12.1 Å². The molecular formula is C11H10BrF3N2O. The zero-order valence-corrected chi connectivity index (χ0v) is 10.7. The highest BCUT2D eigenvalue weighted by atomic mass is 79.9. The van der Waals surface area contributed by atoms with Crippen LogP contribution in [0.2, 0.25) is 0 Å². The van der Waals surface area contributed by atoms with E-state index in [-0.39, 0.29) is 12.2 Å². The Bertz CT molecular complexity index is 460. The number of amides is 2. The van der Waals surface area contributed by atoms with Crippen molar-refractivity contribution in [1.82, 2.24) is 5.32 Å². The maximum absolute atomic E-state index is 12.4. The largest absolute Gasteiger partial charge is 0.416 e. The first-order valence-electron chi connectivity index (χ1n) is 4.84. The first-order valence-corrected chi connectivity index (χ1v) is 5.64. The predicted molar refractivity (Wildman–Crippen MR) is 66.5 cm³/mol. The van der Waals surface area contributed by atoms with Gasteiger partial charge in [-0.05, 0) is 18.2 Å². The minimum Gasteiger partial charge on any atom is -0.333 e. The van der Waals surface area contributed by atoms with Gasteiger partial charge in [0.25, 0.3) is 0 Å². The molecule has 0 aromatic heterocycles. The average Bonchev–Trinajstić information content (AvgIpc) is 2.25. The number of anilines is 1. The number of alkyl halides is 3. The van der Waals surface area contributed by atoms with Crippen LogP contribution in [-0.2, 0) is 6.18 Å². The van der Waals surface area contributed by atoms with Crippen LogP contribution in [0.3, 0.4) is 0 Å². The van der Waals surface area contributed by atoms with Gasteiger partial charge in [0.2, 0.25) is 0 Å². The Morgan fingerprint density at radius 2 is 2.06 bits per heavy atom. The minimum atomic E-state index is -4.43. The van der Waals surface area contributed by atoms with Crippen LogP contribution in [0.1, 0.15) is 5.56 Å². The monoisotopic (exact) mass is 322 g/mol. The van der Waals surface area contributed by atoms with Crippen LogP contribution >= 0.6 is 15.9 Å². The fraction of sp³-hybridized carbons (Fsp3) is 0.182. The van der Waals surface area contributed by atoms with Crippen molar-refractivity contribution >= 4 is 27.6 Å². The van der Waals surface area contributed by atoms with E-state index in [9.17, 15) is 18.0 Å². The van der Waals surface area contributed by atoms with Crippen LogP contribution in [0.4, 0.5) is 23.7 Å². The molecule has 0 saturated carbocycles. The summed E-state index contributed by atoms with van der Waals surface area (Å²) >= 11 is 3.04. The van der Waals surface area contributed by atoms with Gasteiger partial charge in [0, 0.05) is 10.2 Å². The molecule has 1 aromatic carbocycles. The number of halogens is 4. The lowest BCUT2D eigenvalue weighted by Crippen LogP contribution is -2.29. The molecule has 0 bridgehead atoms. The Hall–Kier alpha value is -1.50. The van der Waals surface area contributed by atoms with Gasteiger partial charge in [0.15, 0.2) is 0 Å². The number of rotatable bonds is 3. The highest BCUT2D eigenvalue weighted by Crippen LogP contribution is 2.30. The molecule has 3 nitrogen and oxygen atoms in total. The van der Waals surface area contributed by atoms with Crippen LogP contribution in [0.15, 0.2) is 35.3 Å². The maximum Gasteiger partial charge on any atom is 0.416 e. The normalized spacial score (nSPS) is 10.9. The van der Waals surface area contributed by atoms with Crippen molar-refractivity contribution < 1.29 is 18.0 Å². The van der Waals surface area contributed by atoms with E-state index in [0.29, 0.717) is 4.48 Å². The summed E-state index contributed by atoms with van der Waals surface area (Å²) in [5.41, 5.74) is -0.743. The summed E-state index contributed by atoms with van der Waals surface area (Å²) in [6.45, 7) is 3.69. The first kappa shape index (κ1) is 14.6. The molecule has 2 N–H and O–H groups in total. The van der Waals surface area contributed by atoms with E-state index >= 15 is 0 Å². The van der Waals surface area contributed by atoms with E-state index in [1.807, 2.05) is 0 Å². The number of nitrogens with one attached hydrogen (secondary N) is 2. The third-order valence-electron chi connectivity index (χ3n) is 1.89. The zero-order valence-electron chi connectivity index (χ0n) is 9.14. The number of carbonyl (C=O) groups is 1. The van der Waals surface area contributed by atoms with Crippen LogP contribution in [0, 0.1) is 0 Å². The predicted octanol–water partition coefficient (Wildman–Crippen LogP) is 3.74. The Balaban J connectivity index is 2.68. The zero-order chi connectivity index (χ0) is 13.8. The lowest BCUT2D eigenvalue weighted by Gasteiger charge is -2.10. The number of carbonyl (C=O) groups excluding carboxylic acids is 1. The summed E-state index contributed by atoms with van der Waals surface area (Å²) in [6, 6.07) is 3.79. The summed E-state index contributed by atoms with van der Waals surface area (Å²) in [5, 5.41) is 4.71. The number of benzene rings is 1. The molecule has 0 aliphatic heterocycles. The van der Waals surface area contributed by atoms with Crippen molar-refractivity contribution in [3.05, 3.63) is 40.9 Å². The lowest BCUT2D eigenvalue weighted by molar-refractivity contribution is -0.137. The molecule has 0 atom stereocenters. The Kier molecular flexibility index (Phi) is 4.77. The third-order valence-corrected chi connectivity index (χ3v) is 2.17. The second kappa shape index (κ2) is 5.90.